The van der Waals surface area contributed by atoms with Crippen molar-refractivity contribution in [2.45, 2.75) is 32.7 Å². The fraction of sp³-hybridized carbons (Fsp3) is 0.261. The van der Waals surface area contributed by atoms with Crippen molar-refractivity contribution in [3.63, 3.8) is 0 Å². The van der Waals surface area contributed by atoms with Gasteiger partial charge in [-0.25, -0.2) is 4.99 Å². The topological polar surface area (TPSA) is 51.4 Å². The number of hydrogen-bond donors (Lipinski definition) is 0. The maximum absolute atomic E-state index is 13.4. The van der Waals surface area contributed by atoms with Crippen molar-refractivity contribution in [2.24, 2.45) is 10.4 Å². The number of rotatable bonds is 2. The number of ketones is 1. The van der Waals surface area contributed by atoms with Crippen LogP contribution in [0.15, 0.2) is 62.8 Å². The van der Waals surface area contributed by atoms with E-state index in [1.165, 1.54) is 11.3 Å². The number of fused-ring (bicyclic) bond motifs is 1. The Hall–Kier alpha value is -2.28. The van der Waals surface area contributed by atoms with Crippen LogP contribution in [-0.2, 0) is 4.79 Å². The summed E-state index contributed by atoms with van der Waals surface area (Å²) in [5.74, 6) is 0.0671. The van der Waals surface area contributed by atoms with Crippen molar-refractivity contribution in [1.29, 1.82) is 0 Å². The molecular formula is C23H19ClN2O2S2. The zero-order valence-corrected chi connectivity index (χ0v) is 18.9. The van der Waals surface area contributed by atoms with Gasteiger partial charge in [0.05, 0.1) is 16.3 Å². The van der Waals surface area contributed by atoms with E-state index in [-0.39, 0.29) is 16.8 Å². The zero-order chi connectivity index (χ0) is 21.0. The summed E-state index contributed by atoms with van der Waals surface area (Å²) < 4.78 is 2.31. The first-order valence-electron chi connectivity index (χ1n) is 9.69. The summed E-state index contributed by atoms with van der Waals surface area (Å²) in [7, 11) is 0. The number of carbonyl (C=O) groups excluding carboxylic acids is 1. The largest absolute Gasteiger partial charge is 0.294 e. The van der Waals surface area contributed by atoms with Crippen LogP contribution in [0.5, 0.6) is 0 Å². The predicted molar refractivity (Wildman–Crippen MR) is 122 cm³/mol. The van der Waals surface area contributed by atoms with E-state index in [1.807, 2.05) is 35.7 Å². The molecule has 4 nitrogen and oxygen atoms in total. The van der Waals surface area contributed by atoms with Crippen LogP contribution < -0.4 is 14.9 Å². The molecular weight excluding hydrogens is 436 g/mol. The fourth-order valence-electron chi connectivity index (χ4n) is 4.21. The van der Waals surface area contributed by atoms with Crippen molar-refractivity contribution >= 4 is 46.1 Å². The lowest BCUT2D eigenvalue weighted by Crippen LogP contribution is -2.42. The van der Waals surface area contributed by atoms with Crippen LogP contribution in [0.1, 0.15) is 43.2 Å². The minimum atomic E-state index is -0.470. The highest BCUT2D eigenvalue weighted by Crippen LogP contribution is 2.43. The van der Waals surface area contributed by atoms with Crippen LogP contribution in [0.25, 0.3) is 6.08 Å². The van der Waals surface area contributed by atoms with Crippen LogP contribution >= 0.6 is 34.3 Å². The van der Waals surface area contributed by atoms with Gasteiger partial charge in [0, 0.05) is 21.9 Å². The molecule has 152 valence electrons. The number of carbonyl (C=O) groups is 1. The molecule has 0 spiro atoms. The monoisotopic (exact) mass is 454 g/mol. The van der Waals surface area contributed by atoms with Gasteiger partial charge in [0.15, 0.2) is 10.6 Å². The summed E-state index contributed by atoms with van der Waals surface area (Å²) in [4.78, 5) is 33.1. The summed E-state index contributed by atoms with van der Waals surface area (Å²) in [5.41, 5.74) is 2.07. The van der Waals surface area contributed by atoms with Crippen LogP contribution in [0.4, 0.5) is 0 Å². The molecule has 3 heterocycles. The maximum atomic E-state index is 13.4. The first-order valence-corrected chi connectivity index (χ1v) is 11.8. The maximum Gasteiger partial charge on any atom is 0.271 e. The minimum absolute atomic E-state index is 0.0671. The van der Waals surface area contributed by atoms with Gasteiger partial charge in [-0.3, -0.25) is 14.2 Å². The van der Waals surface area contributed by atoms with E-state index in [2.05, 4.69) is 13.8 Å². The van der Waals surface area contributed by atoms with Crippen LogP contribution in [0.2, 0.25) is 5.02 Å². The van der Waals surface area contributed by atoms with E-state index in [4.69, 9.17) is 16.6 Å². The van der Waals surface area contributed by atoms with E-state index in [1.54, 1.807) is 28.0 Å². The highest BCUT2D eigenvalue weighted by atomic mass is 35.5. The number of thiophene rings is 1. The van der Waals surface area contributed by atoms with Gasteiger partial charge in [-0.05, 0) is 47.1 Å². The SMILES string of the molecule is CC1(C)CC(=O)C2=C(C1)N=c1sc(=Cc3cccs3)c(=O)n1C2c1ccc(Cl)cc1. The van der Waals surface area contributed by atoms with Crippen LogP contribution in [0.3, 0.4) is 0 Å². The molecule has 0 N–H and O–H groups in total. The number of thiazole rings is 1. The number of halogens is 1. The second kappa shape index (κ2) is 7.15. The summed E-state index contributed by atoms with van der Waals surface area (Å²) in [6.45, 7) is 4.18. The second-order valence-corrected chi connectivity index (χ2v) is 10.9. The molecule has 5 rings (SSSR count). The Morgan fingerprint density at radius 1 is 1.17 bits per heavy atom. The smallest absolute Gasteiger partial charge is 0.271 e. The Balaban J connectivity index is 1.79. The first kappa shape index (κ1) is 19.7. The molecule has 1 aliphatic carbocycles. The Morgan fingerprint density at radius 2 is 1.93 bits per heavy atom. The molecule has 1 atom stereocenters. The average Bonchev–Trinajstić information content (AvgIpc) is 3.29. The fourth-order valence-corrected chi connectivity index (χ4v) is 6.08. The number of hydrogen-bond acceptors (Lipinski definition) is 5. The van der Waals surface area contributed by atoms with E-state index < -0.39 is 6.04 Å². The van der Waals surface area contributed by atoms with Crippen molar-refractivity contribution in [1.82, 2.24) is 4.57 Å². The number of aromatic nitrogens is 1. The summed E-state index contributed by atoms with van der Waals surface area (Å²) >= 11 is 9.07. The van der Waals surface area contributed by atoms with E-state index in [9.17, 15) is 9.59 Å². The zero-order valence-electron chi connectivity index (χ0n) is 16.5. The van der Waals surface area contributed by atoms with Gasteiger partial charge >= 0.3 is 0 Å². The van der Waals surface area contributed by atoms with Gasteiger partial charge in [0.1, 0.15) is 0 Å². The van der Waals surface area contributed by atoms with Gasteiger partial charge in [0.2, 0.25) is 0 Å². The number of benzene rings is 1. The Bertz CT molecular complexity index is 1360. The Kier molecular flexibility index (Phi) is 4.69. The standard InChI is InChI=1S/C23H19ClN2O2S2/c1-23(2)11-16-19(17(27)12-23)20(13-5-7-14(24)8-6-13)26-21(28)18(30-22(26)25-16)10-15-4-3-9-29-15/h3-10,20H,11-12H2,1-2H3. The summed E-state index contributed by atoms with van der Waals surface area (Å²) in [6.07, 6.45) is 3.07. The predicted octanol–water partition coefficient (Wildman–Crippen LogP) is 4.32. The molecule has 0 amide bonds. The van der Waals surface area contributed by atoms with E-state index >= 15 is 0 Å². The van der Waals surface area contributed by atoms with Crippen molar-refractivity contribution < 1.29 is 4.79 Å². The number of nitrogens with zero attached hydrogens (tertiary/aromatic N) is 2. The van der Waals surface area contributed by atoms with Crippen LogP contribution in [0, 0.1) is 5.41 Å². The molecule has 0 saturated carbocycles. The van der Waals surface area contributed by atoms with Gasteiger partial charge in [0.25, 0.3) is 5.56 Å². The third kappa shape index (κ3) is 3.33. The van der Waals surface area contributed by atoms with E-state index in [0.717, 1.165) is 16.1 Å². The van der Waals surface area contributed by atoms with Gasteiger partial charge in [-0.1, -0.05) is 55.0 Å². The molecule has 2 aliphatic rings. The molecule has 3 aromatic rings. The number of Topliss-reactive ketones (excluding diaryl/α,β-unsaturated/α-hetero) is 1. The second-order valence-electron chi connectivity index (χ2n) is 8.45. The molecule has 30 heavy (non-hydrogen) atoms. The van der Waals surface area contributed by atoms with E-state index in [0.29, 0.717) is 32.8 Å². The van der Waals surface area contributed by atoms with Crippen LogP contribution in [-0.4, -0.2) is 10.4 Å². The first-order chi connectivity index (χ1) is 14.3. The number of allylic oxidation sites excluding steroid dienone is 2. The third-order valence-electron chi connectivity index (χ3n) is 5.50. The quantitative estimate of drug-likeness (QED) is 0.579. The van der Waals surface area contributed by atoms with Gasteiger partial charge < -0.3 is 0 Å². The summed E-state index contributed by atoms with van der Waals surface area (Å²) in [5, 5.41) is 2.60. The minimum Gasteiger partial charge on any atom is -0.294 e. The van der Waals surface area contributed by atoms with Crippen molar-refractivity contribution in [3.8, 4) is 0 Å². The highest BCUT2D eigenvalue weighted by molar-refractivity contribution is 7.11. The van der Waals surface area contributed by atoms with Gasteiger partial charge in [-0.2, -0.15) is 0 Å². The molecule has 0 fully saturated rings. The molecule has 2 aromatic heterocycles. The Morgan fingerprint density at radius 3 is 2.63 bits per heavy atom. The molecule has 1 aromatic carbocycles. The van der Waals surface area contributed by atoms with Gasteiger partial charge in [-0.15, -0.1) is 11.3 Å². The lowest BCUT2D eigenvalue weighted by Gasteiger charge is -2.35. The summed E-state index contributed by atoms with van der Waals surface area (Å²) in [6, 6.07) is 10.9. The molecule has 0 saturated heterocycles. The van der Waals surface area contributed by atoms with Crippen molar-refractivity contribution in [2.75, 3.05) is 0 Å². The van der Waals surface area contributed by atoms with Crippen molar-refractivity contribution in [3.05, 3.63) is 88.2 Å². The third-order valence-corrected chi connectivity index (χ3v) is 7.55. The average molecular weight is 455 g/mol. The lowest BCUT2D eigenvalue weighted by atomic mass is 9.73. The molecule has 0 radical (unpaired) electrons. The lowest BCUT2D eigenvalue weighted by molar-refractivity contribution is -0.118. The molecule has 1 aliphatic heterocycles. The molecule has 0 bridgehead atoms. The molecule has 7 heteroatoms. The normalized spacial score (nSPS) is 20.7. The highest BCUT2D eigenvalue weighted by Gasteiger charge is 2.40. The Labute approximate surface area is 186 Å². The molecule has 1 unspecified atom stereocenters.